The van der Waals surface area contributed by atoms with E-state index in [0.29, 0.717) is 5.52 Å². The van der Waals surface area contributed by atoms with Crippen molar-refractivity contribution in [2.24, 2.45) is 0 Å². The number of nitrogens with zero attached hydrogens (tertiary/aromatic N) is 4. The molecule has 202 valence electrons. The number of carbonyl (C=O) groups is 1. The van der Waals surface area contributed by atoms with Crippen molar-refractivity contribution in [1.82, 2.24) is 19.7 Å². The van der Waals surface area contributed by atoms with Crippen LogP contribution in [-0.2, 0) is 23.4 Å². The average molecular weight is 546 g/mol. The minimum atomic E-state index is -4.37. The second kappa shape index (κ2) is 11.0. The molecule has 14 nitrogen and oxygen atoms in total. The monoisotopic (exact) mass is 546 g/mol. The molecule has 1 aliphatic heterocycles. The minimum Gasteiger partial charge on any atom is -0.465 e. The molecule has 38 heavy (non-hydrogen) atoms. The standard InChI is InChI=1S/C23H27N6O8P/c1-3-34-22(32)14(2)28-38(33,37-15-7-5-4-6-8-15)35-12-23(11-24)20(31)18(30)19(36-23)16-9-10-17-21(25)26-13-27-29(16)17/h4-10,13-14,18-20,30-31H,3,12H2,1-2H3,(H,28,33)(H2,25,26,27). The van der Waals surface area contributed by atoms with Gasteiger partial charge in [0.1, 0.15) is 54.6 Å². The van der Waals surface area contributed by atoms with Crippen LogP contribution in [0.15, 0.2) is 48.8 Å². The molecule has 1 aliphatic rings. The lowest BCUT2D eigenvalue weighted by atomic mass is 9.96. The van der Waals surface area contributed by atoms with Gasteiger partial charge in [0.15, 0.2) is 5.82 Å². The number of hydrogen-bond donors (Lipinski definition) is 4. The van der Waals surface area contributed by atoms with E-state index in [0.717, 1.165) is 0 Å². The summed E-state index contributed by atoms with van der Waals surface area (Å²) in [6, 6.07) is 11.9. The lowest BCUT2D eigenvalue weighted by Gasteiger charge is -2.28. The zero-order valence-corrected chi connectivity index (χ0v) is 21.4. The Morgan fingerprint density at radius 1 is 1.34 bits per heavy atom. The highest BCUT2D eigenvalue weighted by atomic mass is 31.2. The van der Waals surface area contributed by atoms with E-state index in [1.807, 2.05) is 6.07 Å². The molecular weight excluding hydrogens is 519 g/mol. The summed E-state index contributed by atoms with van der Waals surface area (Å²) in [6.45, 7) is 2.31. The van der Waals surface area contributed by atoms with Crippen LogP contribution in [0, 0.1) is 11.3 Å². The third-order valence-electron chi connectivity index (χ3n) is 5.85. The molecule has 0 amide bonds. The Balaban J connectivity index is 1.60. The Hall–Kier alpha value is -3.57. The fourth-order valence-corrected chi connectivity index (χ4v) is 5.44. The van der Waals surface area contributed by atoms with Crippen molar-refractivity contribution in [2.75, 3.05) is 18.9 Å². The molecule has 4 rings (SSSR count). The van der Waals surface area contributed by atoms with Gasteiger partial charge < -0.3 is 29.9 Å². The predicted molar refractivity (Wildman–Crippen MR) is 131 cm³/mol. The van der Waals surface area contributed by atoms with Crippen molar-refractivity contribution in [3.8, 4) is 11.8 Å². The molecule has 1 aromatic carbocycles. The fraction of sp³-hybridized carbons (Fsp3) is 0.391. The topological polar surface area (TPSA) is 204 Å². The van der Waals surface area contributed by atoms with E-state index in [-0.39, 0.29) is 23.9 Å². The molecule has 0 aliphatic carbocycles. The minimum absolute atomic E-state index is 0.0946. The number of nitrogens with two attached hydrogens (primary N) is 1. The Bertz CT molecular complexity index is 1380. The summed E-state index contributed by atoms with van der Waals surface area (Å²) < 4.78 is 37.0. The summed E-state index contributed by atoms with van der Waals surface area (Å²) in [7, 11) is -4.37. The number of nitriles is 1. The second-order valence-electron chi connectivity index (χ2n) is 8.45. The van der Waals surface area contributed by atoms with Crippen LogP contribution in [0.5, 0.6) is 5.75 Å². The molecule has 6 atom stereocenters. The number of anilines is 1. The van der Waals surface area contributed by atoms with Crippen LogP contribution >= 0.6 is 7.75 Å². The van der Waals surface area contributed by atoms with Crippen LogP contribution in [0.3, 0.4) is 0 Å². The number of para-hydroxylation sites is 1. The number of aliphatic hydroxyl groups excluding tert-OH is 2. The third-order valence-corrected chi connectivity index (χ3v) is 7.47. The van der Waals surface area contributed by atoms with Crippen LogP contribution in [0.4, 0.5) is 5.82 Å². The van der Waals surface area contributed by atoms with Gasteiger partial charge in [0.2, 0.25) is 5.60 Å². The molecular formula is C23H27N6O8P. The summed E-state index contributed by atoms with van der Waals surface area (Å²) in [5.74, 6) is -0.389. The quantitative estimate of drug-likeness (QED) is 0.208. The first kappa shape index (κ1) is 27.5. The number of ether oxygens (including phenoxy) is 2. The van der Waals surface area contributed by atoms with Crippen molar-refractivity contribution in [3.05, 3.63) is 54.5 Å². The van der Waals surface area contributed by atoms with Crippen molar-refractivity contribution < 1.29 is 38.1 Å². The molecule has 0 saturated carbocycles. The van der Waals surface area contributed by atoms with Gasteiger partial charge in [-0.1, -0.05) is 18.2 Å². The molecule has 1 fully saturated rings. The Morgan fingerprint density at radius 2 is 2.08 bits per heavy atom. The number of esters is 1. The van der Waals surface area contributed by atoms with Crippen molar-refractivity contribution in [1.29, 1.82) is 5.26 Å². The summed E-state index contributed by atoms with van der Waals surface area (Å²) in [4.78, 5) is 16.1. The number of rotatable bonds is 10. The largest absolute Gasteiger partial charge is 0.465 e. The van der Waals surface area contributed by atoms with Crippen LogP contribution in [-0.4, -0.2) is 67.8 Å². The van der Waals surface area contributed by atoms with Gasteiger partial charge in [0.05, 0.1) is 12.3 Å². The zero-order valence-electron chi connectivity index (χ0n) is 20.5. The van der Waals surface area contributed by atoms with Crippen LogP contribution in [0.1, 0.15) is 25.6 Å². The number of fused-ring (bicyclic) bond motifs is 1. The molecule has 2 aromatic heterocycles. The zero-order chi connectivity index (χ0) is 27.5. The van der Waals surface area contributed by atoms with Crippen LogP contribution in [0.25, 0.3) is 5.52 Å². The summed E-state index contributed by atoms with van der Waals surface area (Å²) in [5.41, 5.74) is 4.41. The van der Waals surface area contributed by atoms with Gasteiger partial charge in [-0.15, -0.1) is 0 Å². The number of nitrogens with one attached hydrogen (secondary N) is 1. The maximum Gasteiger partial charge on any atom is 0.459 e. The van der Waals surface area contributed by atoms with E-state index in [9.17, 15) is 24.8 Å². The number of nitrogen functional groups attached to an aromatic ring is 1. The number of hydrogen-bond acceptors (Lipinski definition) is 12. The van der Waals surface area contributed by atoms with E-state index < -0.39 is 50.3 Å². The lowest BCUT2D eigenvalue weighted by molar-refractivity contribution is -0.144. The van der Waals surface area contributed by atoms with Gasteiger partial charge in [-0.25, -0.2) is 14.1 Å². The number of carbonyl (C=O) groups excluding carboxylic acids is 1. The van der Waals surface area contributed by atoms with Crippen molar-refractivity contribution >= 4 is 25.1 Å². The second-order valence-corrected chi connectivity index (χ2v) is 10.1. The molecule has 0 radical (unpaired) electrons. The van der Waals surface area contributed by atoms with Gasteiger partial charge in [-0.3, -0.25) is 9.32 Å². The molecule has 5 N–H and O–H groups in total. The predicted octanol–water partition coefficient (Wildman–Crippen LogP) is 1.11. The molecule has 15 heteroatoms. The van der Waals surface area contributed by atoms with Crippen LogP contribution < -0.4 is 15.3 Å². The molecule has 6 unspecified atom stereocenters. The first-order valence-corrected chi connectivity index (χ1v) is 13.1. The Kier molecular flexibility index (Phi) is 7.98. The van der Waals surface area contributed by atoms with E-state index in [1.54, 1.807) is 37.3 Å². The summed E-state index contributed by atoms with van der Waals surface area (Å²) in [5, 5.41) is 38.3. The van der Waals surface area contributed by atoms with Gasteiger partial charge in [0.25, 0.3) is 0 Å². The normalized spacial score (nSPS) is 25.4. The maximum absolute atomic E-state index is 13.7. The van der Waals surface area contributed by atoms with Gasteiger partial charge in [-0.2, -0.15) is 15.4 Å². The number of aliphatic hydroxyl groups is 2. The first-order valence-electron chi connectivity index (χ1n) is 11.6. The fourth-order valence-electron chi connectivity index (χ4n) is 3.92. The number of aromatic nitrogens is 3. The molecule has 0 spiro atoms. The summed E-state index contributed by atoms with van der Waals surface area (Å²) in [6.07, 6.45) is -3.40. The van der Waals surface area contributed by atoms with Crippen molar-refractivity contribution in [3.63, 3.8) is 0 Å². The lowest BCUT2D eigenvalue weighted by Crippen LogP contribution is -2.46. The Morgan fingerprint density at radius 3 is 2.76 bits per heavy atom. The first-order chi connectivity index (χ1) is 18.1. The van der Waals surface area contributed by atoms with Crippen molar-refractivity contribution in [2.45, 2.75) is 43.8 Å². The van der Waals surface area contributed by atoms with E-state index in [2.05, 4.69) is 15.2 Å². The average Bonchev–Trinajstić information content (AvgIpc) is 3.44. The smallest absolute Gasteiger partial charge is 0.459 e. The highest BCUT2D eigenvalue weighted by Gasteiger charge is 2.57. The molecule has 3 aromatic rings. The highest BCUT2D eigenvalue weighted by Crippen LogP contribution is 2.48. The van der Waals surface area contributed by atoms with E-state index in [1.165, 1.54) is 29.9 Å². The van der Waals surface area contributed by atoms with Crippen LogP contribution in [0.2, 0.25) is 0 Å². The molecule has 0 bridgehead atoms. The highest BCUT2D eigenvalue weighted by molar-refractivity contribution is 7.52. The molecule has 3 heterocycles. The van der Waals surface area contributed by atoms with Gasteiger partial charge in [-0.05, 0) is 38.1 Å². The summed E-state index contributed by atoms with van der Waals surface area (Å²) >= 11 is 0. The van der Waals surface area contributed by atoms with Gasteiger partial charge in [0, 0.05) is 0 Å². The van der Waals surface area contributed by atoms with E-state index in [4.69, 9.17) is 24.3 Å². The SMILES string of the molecule is CCOC(=O)C(C)NP(=O)(OCC1(C#N)OC(c2ccc3c(N)ncnn23)C(O)C1O)Oc1ccccc1. The van der Waals surface area contributed by atoms with E-state index >= 15 is 0 Å². The van der Waals surface area contributed by atoms with Gasteiger partial charge >= 0.3 is 13.7 Å². The molecule has 1 saturated heterocycles. The maximum atomic E-state index is 13.7. The number of benzene rings is 1. The Labute approximate surface area is 217 Å². The third kappa shape index (κ3) is 5.34.